The first-order valence-corrected chi connectivity index (χ1v) is 4.05. The van der Waals surface area contributed by atoms with E-state index in [4.69, 9.17) is 6.42 Å². The molecule has 0 spiro atoms. The fourth-order valence-electron chi connectivity index (χ4n) is 1.37. The molecule has 1 fully saturated rings. The van der Waals surface area contributed by atoms with Gasteiger partial charge >= 0.3 is 0 Å². The van der Waals surface area contributed by atoms with Gasteiger partial charge in [-0.3, -0.25) is 4.98 Å². The van der Waals surface area contributed by atoms with E-state index in [1.807, 2.05) is 12.3 Å². The van der Waals surface area contributed by atoms with Crippen molar-refractivity contribution in [2.75, 3.05) is 6.54 Å². The van der Waals surface area contributed by atoms with Crippen LogP contribution in [-0.2, 0) is 0 Å². The molecule has 2 heteroatoms. The van der Waals surface area contributed by atoms with Gasteiger partial charge in [0.1, 0.15) is 0 Å². The lowest BCUT2D eigenvalue weighted by atomic mass is 9.96. The van der Waals surface area contributed by atoms with Crippen molar-refractivity contribution in [3.8, 4) is 12.3 Å². The first-order chi connectivity index (χ1) is 5.92. The minimum Gasteiger partial charge on any atom is -0.310 e. The summed E-state index contributed by atoms with van der Waals surface area (Å²) in [7, 11) is 0. The predicted molar refractivity (Wildman–Crippen MR) is 47.5 cm³/mol. The average Bonchev–Trinajstić information content (AvgIpc) is 2.02. The lowest BCUT2D eigenvalue weighted by Crippen LogP contribution is -2.35. The molecule has 1 aromatic rings. The van der Waals surface area contributed by atoms with E-state index in [0.717, 1.165) is 17.7 Å². The third kappa shape index (κ3) is 1.09. The summed E-state index contributed by atoms with van der Waals surface area (Å²) >= 11 is 0. The molecule has 0 unspecified atom stereocenters. The second kappa shape index (κ2) is 2.96. The first-order valence-electron chi connectivity index (χ1n) is 4.05. The van der Waals surface area contributed by atoms with Crippen LogP contribution in [0.15, 0.2) is 18.5 Å². The molecular weight excluding hydrogens is 148 g/mol. The van der Waals surface area contributed by atoms with Crippen LogP contribution in [0.1, 0.15) is 23.6 Å². The molecule has 0 bridgehead atoms. The van der Waals surface area contributed by atoms with Gasteiger partial charge in [-0.2, -0.15) is 0 Å². The summed E-state index contributed by atoms with van der Waals surface area (Å²) in [5.41, 5.74) is 2.12. The molecule has 1 aromatic heterocycles. The average molecular weight is 158 g/mol. The van der Waals surface area contributed by atoms with Crippen molar-refractivity contribution >= 4 is 0 Å². The Morgan fingerprint density at radius 3 is 3.08 bits per heavy atom. The Balaban J connectivity index is 2.35. The number of hydrogen-bond acceptors (Lipinski definition) is 2. The Kier molecular flexibility index (Phi) is 1.81. The van der Waals surface area contributed by atoms with Crippen molar-refractivity contribution in [2.24, 2.45) is 0 Å². The zero-order valence-electron chi connectivity index (χ0n) is 6.75. The van der Waals surface area contributed by atoms with Crippen LogP contribution in [0, 0.1) is 12.3 Å². The molecular formula is C10H10N2. The second-order valence-corrected chi connectivity index (χ2v) is 2.90. The van der Waals surface area contributed by atoms with E-state index in [0.29, 0.717) is 6.04 Å². The van der Waals surface area contributed by atoms with E-state index in [1.54, 1.807) is 6.20 Å². The van der Waals surface area contributed by atoms with Gasteiger partial charge in [0.15, 0.2) is 0 Å². The van der Waals surface area contributed by atoms with E-state index in [2.05, 4.69) is 16.2 Å². The lowest BCUT2D eigenvalue weighted by molar-refractivity contribution is 0.382. The zero-order chi connectivity index (χ0) is 8.39. The van der Waals surface area contributed by atoms with Gasteiger partial charge in [0.2, 0.25) is 0 Å². The summed E-state index contributed by atoms with van der Waals surface area (Å²) in [4.78, 5) is 4.06. The molecule has 1 aliphatic rings. The molecule has 2 nitrogen and oxygen atoms in total. The van der Waals surface area contributed by atoms with E-state index in [1.165, 1.54) is 6.42 Å². The summed E-state index contributed by atoms with van der Waals surface area (Å²) in [5.74, 6) is 2.66. The third-order valence-corrected chi connectivity index (χ3v) is 2.21. The fraction of sp³-hybridized carbons (Fsp3) is 0.300. The lowest BCUT2D eigenvalue weighted by Gasteiger charge is -2.28. The van der Waals surface area contributed by atoms with Crippen molar-refractivity contribution in [1.82, 2.24) is 10.3 Å². The molecule has 0 amide bonds. The Hall–Kier alpha value is -1.33. The minimum absolute atomic E-state index is 0.435. The summed E-state index contributed by atoms with van der Waals surface area (Å²) in [6, 6.07) is 2.32. The van der Waals surface area contributed by atoms with Gasteiger partial charge in [0, 0.05) is 29.6 Å². The Labute approximate surface area is 72.0 Å². The van der Waals surface area contributed by atoms with E-state index in [-0.39, 0.29) is 0 Å². The van der Waals surface area contributed by atoms with Crippen molar-refractivity contribution in [3.63, 3.8) is 0 Å². The normalized spacial score (nSPS) is 21.1. The maximum absolute atomic E-state index is 5.36. The van der Waals surface area contributed by atoms with Crippen LogP contribution in [0.5, 0.6) is 0 Å². The number of nitrogens with zero attached hydrogens (tertiary/aromatic N) is 1. The maximum atomic E-state index is 5.36. The molecule has 1 saturated heterocycles. The Morgan fingerprint density at radius 1 is 1.67 bits per heavy atom. The standard InChI is InChI=1S/C10H10N2/c1-2-8-3-5-11-7-9(8)10-4-6-12-10/h1,3,5,7,10,12H,4,6H2/t10-/m1/s1. The summed E-state index contributed by atoms with van der Waals surface area (Å²) < 4.78 is 0. The van der Waals surface area contributed by atoms with Crippen LogP contribution in [-0.4, -0.2) is 11.5 Å². The number of hydrogen-bond donors (Lipinski definition) is 1. The fourth-order valence-corrected chi connectivity index (χ4v) is 1.37. The van der Waals surface area contributed by atoms with Crippen molar-refractivity contribution in [1.29, 1.82) is 0 Å². The third-order valence-electron chi connectivity index (χ3n) is 2.21. The number of aromatic nitrogens is 1. The molecule has 0 radical (unpaired) electrons. The maximum Gasteiger partial charge on any atom is 0.0360 e. The number of rotatable bonds is 1. The summed E-state index contributed by atoms with van der Waals surface area (Å²) in [5, 5.41) is 3.30. The van der Waals surface area contributed by atoms with Crippen LogP contribution < -0.4 is 5.32 Å². The highest BCUT2D eigenvalue weighted by molar-refractivity contribution is 5.40. The smallest absolute Gasteiger partial charge is 0.0360 e. The highest BCUT2D eigenvalue weighted by Crippen LogP contribution is 2.24. The number of pyridine rings is 1. The molecule has 2 rings (SSSR count). The van der Waals surface area contributed by atoms with Gasteiger partial charge in [-0.1, -0.05) is 5.92 Å². The highest BCUT2D eigenvalue weighted by atomic mass is 15.0. The molecule has 1 atom stereocenters. The van der Waals surface area contributed by atoms with Crippen LogP contribution in [0.4, 0.5) is 0 Å². The van der Waals surface area contributed by atoms with Crippen molar-refractivity contribution in [3.05, 3.63) is 29.6 Å². The highest BCUT2D eigenvalue weighted by Gasteiger charge is 2.20. The number of nitrogens with one attached hydrogen (secondary N) is 1. The zero-order valence-corrected chi connectivity index (χ0v) is 6.75. The summed E-state index contributed by atoms with van der Waals surface area (Å²) in [6.45, 7) is 1.09. The van der Waals surface area contributed by atoms with Crippen molar-refractivity contribution < 1.29 is 0 Å². The van der Waals surface area contributed by atoms with Crippen molar-refractivity contribution in [2.45, 2.75) is 12.5 Å². The van der Waals surface area contributed by atoms with Gasteiger partial charge < -0.3 is 5.32 Å². The number of terminal acetylenes is 1. The van der Waals surface area contributed by atoms with Gasteiger partial charge in [0.25, 0.3) is 0 Å². The van der Waals surface area contributed by atoms with E-state index < -0.39 is 0 Å². The molecule has 60 valence electrons. The van der Waals surface area contributed by atoms with Gasteiger partial charge in [0.05, 0.1) is 0 Å². The van der Waals surface area contributed by atoms with Crippen LogP contribution in [0.3, 0.4) is 0 Å². The SMILES string of the molecule is C#Cc1ccncc1[C@H]1CCN1. The Bertz CT molecular complexity index is 321. The predicted octanol–water partition coefficient (Wildman–Crippen LogP) is 1.10. The van der Waals surface area contributed by atoms with Gasteiger partial charge in [-0.15, -0.1) is 6.42 Å². The van der Waals surface area contributed by atoms with Crippen LogP contribution >= 0.6 is 0 Å². The van der Waals surface area contributed by atoms with Gasteiger partial charge in [-0.25, -0.2) is 0 Å². The molecule has 12 heavy (non-hydrogen) atoms. The van der Waals surface area contributed by atoms with E-state index in [9.17, 15) is 0 Å². The van der Waals surface area contributed by atoms with Crippen LogP contribution in [0.2, 0.25) is 0 Å². The summed E-state index contributed by atoms with van der Waals surface area (Å²) in [6.07, 6.45) is 10.1. The molecule has 0 aromatic carbocycles. The van der Waals surface area contributed by atoms with Crippen LogP contribution in [0.25, 0.3) is 0 Å². The quantitative estimate of drug-likeness (QED) is 0.619. The first kappa shape index (κ1) is 7.33. The monoisotopic (exact) mass is 158 g/mol. The molecule has 0 aliphatic carbocycles. The molecule has 1 N–H and O–H groups in total. The topological polar surface area (TPSA) is 24.9 Å². The van der Waals surface area contributed by atoms with Gasteiger partial charge in [-0.05, 0) is 19.0 Å². The second-order valence-electron chi connectivity index (χ2n) is 2.90. The molecule has 0 saturated carbocycles. The minimum atomic E-state index is 0.435. The largest absolute Gasteiger partial charge is 0.310 e. The molecule has 2 heterocycles. The Morgan fingerprint density at radius 2 is 2.50 bits per heavy atom. The molecule has 1 aliphatic heterocycles. The van der Waals surface area contributed by atoms with E-state index >= 15 is 0 Å².